The number of amides is 2. The third-order valence-electron chi connectivity index (χ3n) is 6.84. The van der Waals surface area contributed by atoms with Crippen LogP contribution in [-0.4, -0.2) is 56.6 Å². The summed E-state index contributed by atoms with van der Waals surface area (Å²) in [4.78, 5) is 28.4. The standard InChI is InChI=1S/C28H38ClN3O4S/c1-3-26(28(34)30-24-12-7-8-13-24)31(21-19-22-10-5-4-6-11-22)27(33)14-9-20-32(37(2,35)36)25-17-15-23(29)16-18-25/h4-6,10-11,15-18,24,26H,3,7-9,12-14,19-21H2,1-2H3,(H,30,34)/t26-/m1/s1. The number of carbonyl (C=O) groups is 2. The predicted octanol–water partition coefficient (Wildman–Crippen LogP) is 4.79. The molecule has 1 N–H and O–H groups in total. The molecular formula is C28H38ClN3O4S. The van der Waals surface area contributed by atoms with Crippen molar-refractivity contribution < 1.29 is 18.0 Å². The van der Waals surface area contributed by atoms with E-state index in [0.717, 1.165) is 37.5 Å². The molecule has 0 aliphatic heterocycles. The van der Waals surface area contributed by atoms with E-state index in [4.69, 9.17) is 11.6 Å². The molecular weight excluding hydrogens is 510 g/mol. The van der Waals surface area contributed by atoms with Crippen LogP contribution in [-0.2, 0) is 26.0 Å². The summed E-state index contributed by atoms with van der Waals surface area (Å²) < 4.78 is 26.2. The second kappa shape index (κ2) is 13.8. The molecule has 2 aromatic rings. The van der Waals surface area contributed by atoms with Crippen LogP contribution in [0.25, 0.3) is 0 Å². The topological polar surface area (TPSA) is 86.8 Å². The van der Waals surface area contributed by atoms with Crippen LogP contribution in [0.15, 0.2) is 54.6 Å². The first-order valence-electron chi connectivity index (χ1n) is 13.1. The van der Waals surface area contributed by atoms with Gasteiger partial charge in [-0.3, -0.25) is 13.9 Å². The average molecular weight is 548 g/mol. The Bertz CT molecular complexity index is 1120. The monoisotopic (exact) mass is 547 g/mol. The van der Waals surface area contributed by atoms with Crippen molar-refractivity contribution in [3.05, 3.63) is 65.2 Å². The first-order chi connectivity index (χ1) is 17.7. The molecule has 0 heterocycles. The molecule has 0 saturated heterocycles. The molecule has 9 heteroatoms. The molecule has 1 aliphatic rings. The number of anilines is 1. The van der Waals surface area contributed by atoms with Crippen LogP contribution in [0.4, 0.5) is 5.69 Å². The van der Waals surface area contributed by atoms with Crippen molar-refractivity contribution in [2.45, 2.75) is 70.4 Å². The highest BCUT2D eigenvalue weighted by Gasteiger charge is 2.30. The van der Waals surface area contributed by atoms with E-state index in [1.807, 2.05) is 37.3 Å². The summed E-state index contributed by atoms with van der Waals surface area (Å²) in [6, 6.07) is 16.1. The smallest absolute Gasteiger partial charge is 0.243 e. The highest BCUT2D eigenvalue weighted by molar-refractivity contribution is 7.92. The van der Waals surface area contributed by atoms with E-state index >= 15 is 0 Å². The molecule has 0 unspecified atom stereocenters. The second-order valence-corrected chi connectivity index (χ2v) is 12.0. The molecule has 1 aliphatic carbocycles. The maximum atomic E-state index is 13.5. The van der Waals surface area contributed by atoms with Gasteiger partial charge in [0.1, 0.15) is 6.04 Å². The lowest BCUT2D eigenvalue weighted by molar-refractivity contribution is -0.141. The highest BCUT2D eigenvalue weighted by atomic mass is 35.5. The first kappa shape index (κ1) is 29.0. The predicted molar refractivity (Wildman–Crippen MR) is 149 cm³/mol. The Balaban J connectivity index is 1.70. The SMILES string of the molecule is CC[C@H](C(=O)NC1CCCC1)N(CCc1ccccc1)C(=O)CCCN(c1ccc(Cl)cc1)S(C)(=O)=O. The van der Waals surface area contributed by atoms with Crippen molar-refractivity contribution in [3.8, 4) is 0 Å². The number of nitrogens with one attached hydrogen (secondary N) is 1. The molecule has 3 rings (SSSR count). The molecule has 0 bridgehead atoms. The van der Waals surface area contributed by atoms with E-state index in [-0.39, 0.29) is 30.8 Å². The Hall–Kier alpha value is -2.58. The van der Waals surface area contributed by atoms with E-state index in [9.17, 15) is 18.0 Å². The molecule has 0 radical (unpaired) electrons. The van der Waals surface area contributed by atoms with Gasteiger partial charge >= 0.3 is 0 Å². The van der Waals surface area contributed by atoms with Gasteiger partial charge in [-0.05, 0) is 61.9 Å². The zero-order valence-electron chi connectivity index (χ0n) is 21.7. The number of nitrogens with zero attached hydrogens (tertiary/aromatic N) is 2. The quantitative estimate of drug-likeness (QED) is 0.390. The summed E-state index contributed by atoms with van der Waals surface area (Å²) in [6.07, 6.45) is 6.96. The van der Waals surface area contributed by atoms with Crippen molar-refractivity contribution in [2.24, 2.45) is 0 Å². The van der Waals surface area contributed by atoms with Crippen molar-refractivity contribution >= 4 is 39.1 Å². The lowest BCUT2D eigenvalue weighted by Gasteiger charge is -2.32. The third-order valence-corrected chi connectivity index (χ3v) is 8.28. The summed E-state index contributed by atoms with van der Waals surface area (Å²) >= 11 is 5.96. The van der Waals surface area contributed by atoms with Crippen molar-refractivity contribution in [1.82, 2.24) is 10.2 Å². The van der Waals surface area contributed by atoms with E-state index in [1.165, 1.54) is 4.31 Å². The maximum Gasteiger partial charge on any atom is 0.243 e. The van der Waals surface area contributed by atoms with Gasteiger partial charge in [-0.2, -0.15) is 0 Å². The molecule has 202 valence electrons. The van der Waals surface area contributed by atoms with E-state index < -0.39 is 16.1 Å². The van der Waals surface area contributed by atoms with E-state index in [2.05, 4.69) is 5.32 Å². The molecule has 0 spiro atoms. The Morgan fingerprint density at radius 2 is 1.68 bits per heavy atom. The van der Waals surface area contributed by atoms with Crippen LogP contribution < -0.4 is 9.62 Å². The molecule has 7 nitrogen and oxygen atoms in total. The summed E-state index contributed by atoms with van der Waals surface area (Å²) in [7, 11) is -3.54. The van der Waals surface area contributed by atoms with Crippen molar-refractivity contribution in [1.29, 1.82) is 0 Å². The lowest BCUT2D eigenvalue weighted by Crippen LogP contribution is -2.52. The average Bonchev–Trinajstić information content (AvgIpc) is 3.38. The number of hydrogen-bond donors (Lipinski definition) is 1. The molecule has 0 aromatic heterocycles. The normalized spacial score (nSPS) is 14.8. The van der Waals surface area contributed by atoms with Gasteiger partial charge in [-0.1, -0.05) is 61.7 Å². The maximum absolute atomic E-state index is 13.5. The molecule has 1 atom stereocenters. The molecule has 2 amide bonds. The Labute approximate surface area is 226 Å². The van der Waals surface area contributed by atoms with E-state index in [1.54, 1.807) is 29.2 Å². The third kappa shape index (κ3) is 8.75. The van der Waals surface area contributed by atoms with Gasteiger partial charge in [-0.25, -0.2) is 8.42 Å². The summed E-state index contributed by atoms with van der Waals surface area (Å²) in [5.74, 6) is -0.247. The van der Waals surface area contributed by atoms with Gasteiger partial charge in [0.2, 0.25) is 21.8 Å². The summed E-state index contributed by atoms with van der Waals surface area (Å²) in [5, 5.41) is 3.67. The Kier molecular flexibility index (Phi) is 10.8. The number of sulfonamides is 1. The fraction of sp³-hybridized carbons (Fsp3) is 0.500. The minimum Gasteiger partial charge on any atom is -0.352 e. The van der Waals surface area contributed by atoms with Gasteiger partial charge in [-0.15, -0.1) is 0 Å². The fourth-order valence-corrected chi connectivity index (χ4v) is 5.97. The Morgan fingerprint density at radius 1 is 1.03 bits per heavy atom. The van der Waals surface area contributed by atoms with Gasteiger partial charge in [0.05, 0.1) is 11.9 Å². The van der Waals surface area contributed by atoms with Gasteiger partial charge in [0.25, 0.3) is 0 Å². The first-order valence-corrected chi connectivity index (χ1v) is 15.3. The second-order valence-electron chi connectivity index (χ2n) is 9.65. The molecule has 1 fully saturated rings. The number of rotatable bonds is 13. The van der Waals surface area contributed by atoms with Crippen LogP contribution >= 0.6 is 11.6 Å². The summed E-state index contributed by atoms with van der Waals surface area (Å²) in [6.45, 7) is 2.50. The van der Waals surface area contributed by atoms with Gasteiger partial charge < -0.3 is 10.2 Å². The van der Waals surface area contributed by atoms with Crippen molar-refractivity contribution in [2.75, 3.05) is 23.7 Å². The van der Waals surface area contributed by atoms with Gasteiger partial charge in [0, 0.05) is 30.6 Å². The fourth-order valence-electron chi connectivity index (χ4n) is 4.87. The van der Waals surface area contributed by atoms with Crippen LogP contribution in [0.2, 0.25) is 5.02 Å². The van der Waals surface area contributed by atoms with Crippen molar-refractivity contribution in [3.63, 3.8) is 0 Å². The highest BCUT2D eigenvalue weighted by Crippen LogP contribution is 2.22. The van der Waals surface area contributed by atoms with E-state index in [0.29, 0.717) is 36.5 Å². The molecule has 2 aromatic carbocycles. The van der Waals surface area contributed by atoms with Crippen LogP contribution in [0, 0.1) is 0 Å². The van der Waals surface area contributed by atoms with Crippen LogP contribution in [0.3, 0.4) is 0 Å². The van der Waals surface area contributed by atoms with Crippen LogP contribution in [0.5, 0.6) is 0 Å². The molecule has 37 heavy (non-hydrogen) atoms. The lowest BCUT2D eigenvalue weighted by atomic mass is 10.1. The Morgan fingerprint density at radius 3 is 2.27 bits per heavy atom. The number of benzene rings is 2. The zero-order chi connectivity index (χ0) is 26.8. The number of carbonyl (C=O) groups excluding carboxylic acids is 2. The molecule has 1 saturated carbocycles. The number of hydrogen-bond acceptors (Lipinski definition) is 4. The zero-order valence-corrected chi connectivity index (χ0v) is 23.3. The largest absolute Gasteiger partial charge is 0.352 e. The number of halogens is 1. The summed E-state index contributed by atoms with van der Waals surface area (Å²) in [5.41, 5.74) is 1.60. The minimum atomic E-state index is -3.54. The van der Waals surface area contributed by atoms with Crippen LogP contribution in [0.1, 0.15) is 57.4 Å². The minimum absolute atomic E-state index is 0.102. The van der Waals surface area contributed by atoms with Gasteiger partial charge in [0.15, 0.2) is 0 Å².